The van der Waals surface area contributed by atoms with E-state index in [4.69, 9.17) is 5.73 Å². The van der Waals surface area contributed by atoms with Crippen molar-refractivity contribution in [1.29, 1.82) is 0 Å². The van der Waals surface area contributed by atoms with Crippen LogP contribution in [0.1, 0.15) is 44.5 Å². The van der Waals surface area contributed by atoms with Crippen molar-refractivity contribution in [3.05, 3.63) is 11.4 Å². The molecule has 2 atom stereocenters. The SMILES string of the molecule is Cc1c(N)nc(C(C)C)nc1N1CCC(C(C)O)C1. The van der Waals surface area contributed by atoms with E-state index in [1.807, 2.05) is 13.8 Å². The Morgan fingerprint density at radius 3 is 2.53 bits per heavy atom. The van der Waals surface area contributed by atoms with E-state index in [0.29, 0.717) is 11.7 Å². The normalized spacial score (nSPS) is 21.2. The highest BCUT2D eigenvalue weighted by Gasteiger charge is 2.28. The van der Waals surface area contributed by atoms with Gasteiger partial charge in [0.15, 0.2) is 0 Å². The second-order valence-corrected chi connectivity index (χ2v) is 5.81. The third-order valence-electron chi connectivity index (χ3n) is 3.90. The second-order valence-electron chi connectivity index (χ2n) is 5.81. The Morgan fingerprint density at radius 1 is 1.32 bits per heavy atom. The van der Waals surface area contributed by atoms with Gasteiger partial charge in [-0.15, -0.1) is 0 Å². The molecule has 0 spiro atoms. The molecule has 0 amide bonds. The first kappa shape index (κ1) is 14.1. The fourth-order valence-corrected chi connectivity index (χ4v) is 2.48. The minimum atomic E-state index is -0.269. The number of hydrogen-bond donors (Lipinski definition) is 2. The molecule has 1 aromatic heterocycles. The largest absolute Gasteiger partial charge is 0.393 e. The summed E-state index contributed by atoms with van der Waals surface area (Å²) >= 11 is 0. The number of hydrogen-bond acceptors (Lipinski definition) is 5. The molecule has 0 aliphatic carbocycles. The maximum absolute atomic E-state index is 9.70. The topological polar surface area (TPSA) is 75.3 Å². The maximum atomic E-state index is 9.70. The quantitative estimate of drug-likeness (QED) is 0.869. The van der Waals surface area contributed by atoms with E-state index in [-0.39, 0.29) is 12.0 Å². The Morgan fingerprint density at radius 2 is 2.00 bits per heavy atom. The molecule has 2 heterocycles. The van der Waals surface area contributed by atoms with Gasteiger partial charge in [0.1, 0.15) is 17.5 Å². The van der Waals surface area contributed by atoms with Gasteiger partial charge in [0, 0.05) is 30.5 Å². The Hall–Kier alpha value is -1.36. The molecule has 0 bridgehead atoms. The van der Waals surface area contributed by atoms with Crippen molar-refractivity contribution in [3.8, 4) is 0 Å². The zero-order valence-corrected chi connectivity index (χ0v) is 12.2. The molecule has 1 aromatic rings. The summed E-state index contributed by atoms with van der Waals surface area (Å²) < 4.78 is 0. The van der Waals surface area contributed by atoms with Crippen molar-refractivity contribution in [1.82, 2.24) is 9.97 Å². The summed E-state index contributed by atoms with van der Waals surface area (Å²) in [6, 6.07) is 0. The number of nitrogens with zero attached hydrogens (tertiary/aromatic N) is 3. The van der Waals surface area contributed by atoms with E-state index >= 15 is 0 Å². The first-order chi connectivity index (χ1) is 8.90. The first-order valence-electron chi connectivity index (χ1n) is 6.97. The standard InChI is InChI=1S/C14H24N4O/c1-8(2)13-16-12(15)9(3)14(17-13)18-6-5-11(7-18)10(4)19/h8,10-11,19H,5-7H2,1-4H3,(H2,15,16,17). The summed E-state index contributed by atoms with van der Waals surface area (Å²) in [5.74, 6) is 2.86. The molecule has 19 heavy (non-hydrogen) atoms. The molecule has 1 saturated heterocycles. The Balaban J connectivity index is 2.30. The molecule has 3 N–H and O–H groups in total. The molecule has 1 fully saturated rings. The van der Waals surface area contributed by atoms with Crippen LogP contribution < -0.4 is 10.6 Å². The van der Waals surface area contributed by atoms with Crippen LogP contribution in [0.25, 0.3) is 0 Å². The fourth-order valence-electron chi connectivity index (χ4n) is 2.48. The Labute approximate surface area is 114 Å². The van der Waals surface area contributed by atoms with Gasteiger partial charge in [-0.2, -0.15) is 0 Å². The Kier molecular flexibility index (Phi) is 3.94. The predicted octanol–water partition coefficient (Wildman–Crippen LogP) is 1.70. The number of aromatic nitrogens is 2. The first-order valence-corrected chi connectivity index (χ1v) is 6.97. The number of aliphatic hydroxyl groups is 1. The van der Waals surface area contributed by atoms with Gasteiger partial charge in [-0.3, -0.25) is 0 Å². The Bertz CT molecular complexity index is 459. The summed E-state index contributed by atoms with van der Waals surface area (Å²) in [6.07, 6.45) is 0.729. The smallest absolute Gasteiger partial charge is 0.137 e. The number of anilines is 2. The van der Waals surface area contributed by atoms with Crippen LogP contribution in [0.2, 0.25) is 0 Å². The molecule has 0 radical (unpaired) electrons. The van der Waals surface area contributed by atoms with Crippen LogP contribution in [0, 0.1) is 12.8 Å². The van der Waals surface area contributed by atoms with Crippen molar-refractivity contribution in [2.75, 3.05) is 23.7 Å². The average molecular weight is 264 g/mol. The number of nitrogen functional groups attached to an aromatic ring is 1. The lowest BCUT2D eigenvalue weighted by Crippen LogP contribution is -2.26. The zero-order chi connectivity index (χ0) is 14.2. The van der Waals surface area contributed by atoms with Gasteiger partial charge >= 0.3 is 0 Å². The van der Waals surface area contributed by atoms with Crippen LogP contribution in [0.3, 0.4) is 0 Å². The summed E-state index contributed by atoms with van der Waals surface area (Å²) in [5, 5.41) is 9.70. The van der Waals surface area contributed by atoms with Gasteiger partial charge in [0.2, 0.25) is 0 Å². The highest BCUT2D eigenvalue weighted by Crippen LogP contribution is 2.29. The molecule has 1 aliphatic rings. The van der Waals surface area contributed by atoms with E-state index in [1.54, 1.807) is 0 Å². The van der Waals surface area contributed by atoms with Crippen LogP contribution in [-0.4, -0.2) is 34.3 Å². The van der Waals surface area contributed by atoms with Crippen LogP contribution in [-0.2, 0) is 0 Å². The van der Waals surface area contributed by atoms with Crippen molar-refractivity contribution in [2.45, 2.75) is 46.1 Å². The number of nitrogens with two attached hydrogens (primary N) is 1. The van der Waals surface area contributed by atoms with E-state index in [1.165, 1.54) is 0 Å². The highest BCUT2D eigenvalue weighted by atomic mass is 16.3. The van der Waals surface area contributed by atoms with E-state index in [2.05, 4.69) is 28.7 Å². The summed E-state index contributed by atoms with van der Waals surface area (Å²) in [7, 11) is 0. The summed E-state index contributed by atoms with van der Waals surface area (Å²) in [4.78, 5) is 11.2. The van der Waals surface area contributed by atoms with Gasteiger partial charge in [0.25, 0.3) is 0 Å². The van der Waals surface area contributed by atoms with Crippen molar-refractivity contribution in [2.24, 2.45) is 5.92 Å². The molecule has 2 rings (SSSR count). The highest BCUT2D eigenvalue weighted by molar-refractivity contribution is 5.57. The zero-order valence-electron chi connectivity index (χ0n) is 12.2. The number of aliphatic hydroxyl groups excluding tert-OH is 1. The third kappa shape index (κ3) is 2.81. The molecule has 5 nitrogen and oxygen atoms in total. The summed E-state index contributed by atoms with van der Waals surface area (Å²) in [6.45, 7) is 9.71. The van der Waals surface area contributed by atoms with Crippen molar-refractivity contribution < 1.29 is 5.11 Å². The monoisotopic (exact) mass is 264 g/mol. The van der Waals surface area contributed by atoms with Crippen LogP contribution >= 0.6 is 0 Å². The minimum absolute atomic E-state index is 0.261. The average Bonchev–Trinajstić information content (AvgIpc) is 2.81. The molecule has 1 aliphatic heterocycles. The molecular weight excluding hydrogens is 240 g/mol. The lowest BCUT2D eigenvalue weighted by atomic mass is 10.0. The maximum Gasteiger partial charge on any atom is 0.137 e. The third-order valence-corrected chi connectivity index (χ3v) is 3.90. The van der Waals surface area contributed by atoms with Crippen LogP contribution in [0.4, 0.5) is 11.6 Å². The summed E-state index contributed by atoms with van der Waals surface area (Å²) in [5.41, 5.74) is 6.93. The lowest BCUT2D eigenvalue weighted by molar-refractivity contribution is 0.136. The van der Waals surface area contributed by atoms with Crippen LogP contribution in [0.5, 0.6) is 0 Å². The fraction of sp³-hybridized carbons (Fsp3) is 0.714. The second kappa shape index (κ2) is 5.33. The van der Waals surface area contributed by atoms with E-state index < -0.39 is 0 Å². The van der Waals surface area contributed by atoms with Gasteiger partial charge in [-0.1, -0.05) is 13.8 Å². The van der Waals surface area contributed by atoms with Crippen molar-refractivity contribution in [3.63, 3.8) is 0 Å². The molecule has 0 aromatic carbocycles. The molecule has 2 unspecified atom stereocenters. The molecule has 106 valence electrons. The van der Waals surface area contributed by atoms with Crippen molar-refractivity contribution >= 4 is 11.6 Å². The minimum Gasteiger partial charge on any atom is -0.393 e. The van der Waals surface area contributed by atoms with Crippen LogP contribution in [0.15, 0.2) is 0 Å². The van der Waals surface area contributed by atoms with Gasteiger partial charge in [-0.25, -0.2) is 9.97 Å². The van der Waals surface area contributed by atoms with Gasteiger partial charge in [0.05, 0.1) is 6.10 Å². The molecule has 0 saturated carbocycles. The lowest BCUT2D eigenvalue weighted by Gasteiger charge is -2.22. The number of rotatable bonds is 3. The predicted molar refractivity (Wildman–Crippen MR) is 77.3 cm³/mol. The van der Waals surface area contributed by atoms with Gasteiger partial charge in [-0.05, 0) is 20.3 Å². The van der Waals surface area contributed by atoms with Gasteiger partial charge < -0.3 is 15.7 Å². The van der Waals surface area contributed by atoms with E-state index in [9.17, 15) is 5.11 Å². The molecule has 5 heteroatoms. The molecular formula is C14H24N4O. The van der Waals surface area contributed by atoms with E-state index in [0.717, 1.165) is 36.7 Å².